The summed E-state index contributed by atoms with van der Waals surface area (Å²) in [4.78, 5) is 2.43. The molecule has 2 saturated heterocycles. The predicted molar refractivity (Wildman–Crippen MR) is 72.5 cm³/mol. The molecule has 1 unspecified atom stereocenters. The van der Waals surface area contributed by atoms with E-state index in [1.807, 2.05) is 0 Å². The van der Waals surface area contributed by atoms with E-state index in [-0.39, 0.29) is 19.3 Å². The smallest absolute Gasteiger partial charge is 0.0586 e. The van der Waals surface area contributed by atoms with E-state index in [0.717, 1.165) is 25.9 Å². The van der Waals surface area contributed by atoms with Crippen LogP contribution in [0.25, 0.3) is 0 Å². The predicted octanol–water partition coefficient (Wildman–Crippen LogP) is 0.585. The SMILES string of the molecule is OCCCC(CO)N1CCC2(CCNCC2)CC1. The minimum absolute atomic E-state index is 0.231. The number of hydrogen-bond acceptors (Lipinski definition) is 4. The molecule has 3 N–H and O–H groups in total. The van der Waals surface area contributed by atoms with Gasteiger partial charge in [-0.05, 0) is 70.1 Å². The second-order valence-corrected chi connectivity index (χ2v) is 5.99. The van der Waals surface area contributed by atoms with Crippen LogP contribution >= 0.6 is 0 Å². The Morgan fingerprint density at radius 1 is 1.06 bits per heavy atom. The number of piperidine rings is 2. The molecule has 0 saturated carbocycles. The van der Waals surface area contributed by atoms with Crippen LogP contribution in [0.5, 0.6) is 0 Å². The zero-order valence-corrected chi connectivity index (χ0v) is 11.4. The van der Waals surface area contributed by atoms with E-state index in [1.54, 1.807) is 0 Å². The van der Waals surface area contributed by atoms with Gasteiger partial charge in [-0.25, -0.2) is 0 Å². The van der Waals surface area contributed by atoms with Crippen molar-refractivity contribution in [3.63, 3.8) is 0 Å². The van der Waals surface area contributed by atoms with Gasteiger partial charge < -0.3 is 15.5 Å². The van der Waals surface area contributed by atoms with Crippen molar-refractivity contribution in [3.8, 4) is 0 Å². The number of nitrogens with zero attached hydrogens (tertiary/aromatic N) is 1. The Kier molecular flexibility index (Phi) is 5.42. The largest absolute Gasteiger partial charge is 0.396 e. The van der Waals surface area contributed by atoms with Crippen LogP contribution in [0.3, 0.4) is 0 Å². The molecule has 0 aromatic heterocycles. The average molecular weight is 256 g/mol. The molecular formula is C14H28N2O2. The van der Waals surface area contributed by atoms with Gasteiger partial charge in [-0.3, -0.25) is 4.90 Å². The highest BCUT2D eigenvalue weighted by Crippen LogP contribution is 2.40. The molecule has 4 heteroatoms. The van der Waals surface area contributed by atoms with Crippen molar-refractivity contribution in [1.82, 2.24) is 10.2 Å². The standard InChI is InChI=1S/C14H28N2O2/c17-11-1-2-13(12-18)16-9-5-14(6-10-16)3-7-15-8-4-14/h13,15,17-18H,1-12H2. The zero-order chi connectivity index (χ0) is 12.8. The fraction of sp³-hybridized carbons (Fsp3) is 1.00. The van der Waals surface area contributed by atoms with Crippen LogP contribution < -0.4 is 5.32 Å². The molecule has 2 heterocycles. The van der Waals surface area contributed by atoms with Crippen molar-refractivity contribution in [1.29, 1.82) is 0 Å². The molecule has 0 aromatic carbocycles. The minimum Gasteiger partial charge on any atom is -0.396 e. The van der Waals surface area contributed by atoms with E-state index in [9.17, 15) is 5.11 Å². The molecule has 0 radical (unpaired) electrons. The maximum Gasteiger partial charge on any atom is 0.0586 e. The Bertz CT molecular complexity index is 232. The highest BCUT2D eigenvalue weighted by atomic mass is 16.3. The Balaban J connectivity index is 1.80. The van der Waals surface area contributed by atoms with E-state index in [4.69, 9.17) is 5.11 Å². The lowest BCUT2D eigenvalue weighted by Crippen LogP contribution is -2.49. The van der Waals surface area contributed by atoms with Crippen LogP contribution in [0.1, 0.15) is 38.5 Å². The van der Waals surface area contributed by atoms with Crippen LogP contribution in [0.2, 0.25) is 0 Å². The summed E-state index contributed by atoms with van der Waals surface area (Å²) < 4.78 is 0. The number of hydrogen-bond donors (Lipinski definition) is 3. The van der Waals surface area contributed by atoms with Gasteiger partial charge in [-0.1, -0.05) is 0 Å². The third-order valence-electron chi connectivity index (χ3n) is 4.95. The fourth-order valence-corrected chi connectivity index (χ4v) is 3.54. The van der Waals surface area contributed by atoms with Crippen LogP contribution in [0.4, 0.5) is 0 Å². The highest BCUT2D eigenvalue weighted by molar-refractivity contribution is 4.91. The van der Waals surface area contributed by atoms with Crippen molar-refractivity contribution < 1.29 is 10.2 Å². The summed E-state index contributed by atoms with van der Waals surface area (Å²) in [5.74, 6) is 0. The molecule has 2 aliphatic rings. The Morgan fingerprint density at radius 3 is 2.28 bits per heavy atom. The van der Waals surface area contributed by atoms with Gasteiger partial charge in [-0.15, -0.1) is 0 Å². The molecule has 0 aliphatic carbocycles. The lowest BCUT2D eigenvalue weighted by atomic mass is 9.71. The van der Waals surface area contributed by atoms with E-state index in [2.05, 4.69) is 10.2 Å². The first-order valence-corrected chi connectivity index (χ1v) is 7.46. The van der Waals surface area contributed by atoms with Crippen molar-refractivity contribution in [2.45, 2.75) is 44.6 Å². The second-order valence-electron chi connectivity index (χ2n) is 5.99. The summed E-state index contributed by atoms with van der Waals surface area (Å²) in [6.07, 6.45) is 6.93. The third-order valence-corrected chi connectivity index (χ3v) is 4.95. The molecule has 0 aromatic rings. The lowest BCUT2D eigenvalue weighted by Gasteiger charge is -2.46. The molecule has 0 bridgehead atoms. The summed E-state index contributed by atoms with van der Waals surface area (Å²) in [7, 11) is 0. The number of rotatable bonds is 5. The first kappa shape index (κ1) is 14.3. The quantitative estimate of drug-likeness (QED) is 0.674. The number of aliphatic hydroxyl groups is 2. The fourth-order valence-electron chi connectivity index (χ4n) is 3.54. The Labute approximate surface area is 110 Å². The van der Waals surface area contributed by atoms with Crippen molar-refractivity contribution in [2.75, 3.05) is 39.4 Å². The molecule has 0 amide bonds. The maximum atomic E-state index is 9.47. The van der Waals surface area contributed by atoms with Gasteiger partial charge in [0, 0.05) is 12.6 Å². The first-order chi connectivity index (χ1) is 8.79. The minimum atomic E-state index is 0.231. The van der Waals surface area contributed by atoms with Crippen molar-refractivity contribution >= 4 is 0 Å². The van der Waals surface area contributed by atoms with Gasteiger partial charge in [0.2, 0.25) is 0 Å². The van der Waals surface area contributed by atoms with E-state index in [0.29, 0.717) is 5.41 Å². The summed E-state index contributed by atoms with van der Waals surface area (Å²) in [6.45, 7) is 5.06. The average Bonchev–Trinajstić information content (AvgIpc) is 2.43. The van der Waals surface area contributed by atoms with Gasteiger partial charge in [0.05, 0.1) is 6.61 Å². The van der Waals surface area contributed by atoms with Gasteiger partial charge >= 0.3 is 0 Å². The zero-order valence-electron chi connectivity index (χ0n) is 11.4. The van der Waals surface area contributed by atoms with Crippen LogP contribution in [0.15, 0.2) is 0 Å². The summed E-state index contributed by atoms with van der Waals surface area (Å²) in [5, 5.41) is 21.8. The van der Waals surface area contributed by atoms with Crippen LogP contribution in [-0.4, -0.2) is 60.5 Å². The molecule has 2 aliphatic heterocycles. The number of aliphatic hydroxyl groups excluding tert-OH is 2. The van der Waals surface area contributed by atoms with Crippen molar-refractivity contribution in [3.05, 3.63) is 0 Å². The van der Waals surface area contributed by atoms with Crippen molar-refractivity contribution in [2.24, 2.45) is 5.41 Å². The molecule has 106 valence electrons. The van der Waals surface area contributed by atoms with Gasteiger partial charge in [0.25, 0.3) is 0 Å². The van der Waals surface area contributed by atoms with Gasteiger partial charge in [0.1, 0.15) is 0 Å². The Morgan fingerprint density at radius 2 is 1.72 bits per heavy atom. The number of nitrogens with one attached hydrogen (secondary N) is 1. The molecule has 1 spiro atoms. The molecular weight excluding hydrogens is 228 g/mol. The van der Waals surface area contributed by atoms with Crippen LogP contribution in [-0.2, 0) is 0 Å². The molecule has 2 rings (SSSR count). The molecule has 4 nitrogen and oxygen atoms in total. The van der Waals surface area contributed by atoms with Gasteiger partial charge in [-0.2, -0.15) is 0 Å². The topological polar surface area (TPSA) is 55.7 Å². The molecule has 1 atom stereocenters. The van der Waals surface area contributed by atoms with E-state index >= 15 is 0 Å². The highest BCUT2D eigenvalue weighted by Gasteiger charge is 2.36. The van der Waals surface area contributed by atoms with Crippen LogP contribution in [0, 0.1) is 5.41 Å². The lowest BCUT2D eigenvalue weighted by molar-refractivity contribution is 0.0270. The van der Waals surface area contributed by atoms with E-state index in [1.165, 1.54) is 38.8 Å². The normalized spacial score (nSPS) is 26.3. The first-order valence-electron chi connectivity index (χ1n) is 7.46. The number of likely N-dealkylation sites (tertiary alicyclic amines) is 1. The van der Waals surface area contributed by atoms with E-state index < -0.39 is 0 Å². The Hall–Kier alpha value is -0.160. The molecule has 18 heavy (non-hydrogen) atoms. The summed E-state index contributed by atoms with van der Waals surface area (Å²) in [6, 6.07) is 0.260. The summed E-state index contributed by atoms with van der Waals surface area (Å²) in [5.41, 5.74) is 0.582. The second kappa shape index (κ2) is 6.85. The summed E-state index contributed by atoms with van der Waals surface area (Å²) >= 11 is 0. The molecule has 2 fully saturated rings. The monoisotopic (exact) mass is 256 g/mol. The third kappa shape index (κ3) is 3.44. The van der Waals surface area contributed by atoms with Gasteiger partial charge in [0.15, 0.2) is 0 Å². The maximum absolute atomic E-state index is 9.47.